The van der Waals surface area contributed by atoms with Gasteiger partial charge in [-0.1, -0.05) is 85.3 Å². The van der Waals surface area contributed by atoms with Gasteiger partial charge in [0.25, 0.3) is 0 Å². The summed E-state index contributed by atoms with van der Waals surface area (Å²) in [5.41, 5.74) is -0.817. The fourth-order valence-electron chi connectivity index (χ4n) is 15.5. The maximum Gasteiger partial charge on any atom is 0.417 e. The Bertz CT molecular complexity index is 2780. The molecule has 23 heteroatoms. The molecule has 0 N–H and O–H groups in total. The van der Waals surface area contributed by atoms with Gasteiger partial charge in [-0.05, 0) is 266 Å². The SMILES string of the molecule is CC(C)(C)OC(=O)N1CCCC1.CC(C)(OC(=O)N1CCCC1)C1CCCCC1.CC(C)(OC(=O)N1CCCC1=O)C1CCCCC1.CCC(C)(C)OC(=O)N1CCCC1.CCC(CC)(CC)OC(=O)N1CCCC1.CCC1(OC(=O)N2CCCC2)CCCC1.COc1ccc(C(C)OC(=O)N2CCCC2)cc1. The Morgan fingerprint density at radius 3 is 1.10 bits per heavy atom. The molecule has 1 aromatic rings. The predicted octanol–water partition coefficient (Wildman–Crippen LogP) is 20.2. The standard InChI is InChI=1S/C14H19NO3.C14H23NO3.C14H25NO2.C12H21NO2.C12H23NO2.C10H19NO2.C9H17NO2/c1-11(12-5-7-13(17-2)8-6-12)18-14(16)15-9-3-4-10-15;1-14(2,11-7-4-3-5-8-11)18-13(17)15-10-6-9-12(15)16;1-14(2,12-8-4-3-5-9-12)17-13(16)15-10-6-7-11-15;1-2-12(7-3-4-8-12)15-11(14)13-9-5-6-10-13;1-4-12(5-2,6-3)15-11(14)13-9-7-8-10-13;1-4-10(2,3)13-9(12)11-7-5-6-8-11;1-9(2,3)12-8(11)10-6-4-5-7-10/h5-8,11H,3-4,9-10H2,1-2H3;11H,3-10H2,1-2H3;12H,3-11H2,1-2H3;2-10H2,1H3;4-10H2,1-3H3;4-8H2,1-3H3;4-7H2,1-3H3. The molecule has 1 atom stereocenters. The molecule has 108 heavy (non-hydrogen) atoms. The van der Waals surface area contributed by atoms with E-state index in [-0.39, 0.29) is 76.6 Å². The third-order valence-corrected chi connectivity index (χ3v) is 23.5. The van der Waals surface area contributed by atoms with Gasteiger partial charge in [-0.2, -0.15) is 0 Å². The Balaban J connectivity index is 0.000000227. The van der Waals surface area contributed by atoms with Crippen molar-refractivity contribution < 1.29 is 76.3 Å². The number of rotatable bonds is 15. The normalized spacial score (nSPS) is 19.9. The monoisotopic (exact) mass is 1520 g/mol. The highest BCUT2D eigenvalue weighted by atomic mass is 16.6. The molecular formula is C85H147N7O16. The molecule has 1 aromatic carbocycles. The van der Waals surface area contributed by atoms with Crippen molar-refractivity contribution >= 4 is 48.6 Å². The molecule has 0 bridgehead atoms. The molecule has 23 nitrogen and oxygen atoms in total. The van der Waals surface area contributed by atoms with Crippen LogP contribution >= 0.6 is 0 Å². The minimum atomic E-state index is -0.458. The van der Waals surface area contributed by atoms with Crippen LogP contribution in [0.1, 0.15) is 327 Å². The van der Waals surface area contributed by atoms with Gasteiger partial charge in [0.1, 0.15) is 45.5 Å². The van der Waals surface area contributed by atoms with Crippen molar-refractivity contribution in [1.29, 1.82) is 0 Å². The van der Waals surface area contributed by atoms with Crippen molar-refractivity contribution in [2.75, 3.05) is 92.2 Å². The van der Waals surface area contributed by atoms with Crippen LogP contribution < -0.4 is 4.74 Å². The Morgan fingerprint density at radius 1 is 0.407 bits per heavy atom. The summed E-state index contributed by atoms with van der Waals surface area (Å²) >= 11 is 0. The summed E-state index contributed by atoms with van der Waals surface area (Å²) < 4.78 is 43.8. The van der Waals surface area contributed by atoms with Gasteiger partial charge in [-0.15, -0.1) is 0 Å². The molecule has 0 spiro atoms. The number of carbonyl (C=O) groups excluding carboxylic acids is 8. The quantitative estimate of drug-likeness (QED) is 0.149. The molecule has 618 valence electrons. The Morgan fingerprint density at radius 2 is 0.759 bits per heavy atom. The number of methoxy groups -OCH3 is 1. The van der Waals surface area contributed by atoms with E-state index in [9.17, 15) is 38.4 Å². The highest BCUT2D eigenvalue weighted by molar-refractivity contribution is 5.93. The molecule has 3 aliphatic carbocycles. The van der Waals surface area contributed by atoms with Crippen LogP contribution in [0.25, 0.3) is 0 Å². The van der Waals surface area contributed by atoms with Gasteiger partial charge in [0.05, 0.1) is 7.11 Å². The zero-order valence-electron chi connectivity index (χ0n) is 70.2. The molecule has 0 radical (unpaired) electrons. The molecule has 7 saturated heterocycles. The van der Waals surface area contributed by atoms with Gasteiger partial charge >= 0.3 is 42.7 Å². The summed E-state index contributed by atoms with van der Waals surface area (Å²) in [6.07, 6.45) is 34.4. The second-order valence-corrected chi connectivity index (χ2v) is 33.9. The third kappa shape index (κ3) is 31.4. The van der Waals surface area contributed by atoms with Gasteiger partial charge in [0, 0.05) is 91.5 Å². The van der Waals surface area contributed by atoms with Gasteiger partial charge in [0.15, 0.2) is 0 Å². The van der Waals surface area contributed by atoms with Crippen LogP contribution in [0.4, 0.5) is 33.6 Å². The molecule has 7 heterocycles. The van der Waals surface area contributed by atoms with Crippen molar-refractivity contribution in [3.8, 4) is 5.75 Å². The molecule has 8 amide bonds. The molecule has 10 aliphatic rings. The Kier molecular flexibility index (Phi) is 39.1. The lowest BCUT2D eigenvalue weighted by Crippen LogP contribution is -2.43. The van der Waals surface area contributed by atoms with E-state index in [1.807, 2.05) is 101 Å². The highest BCUT2D eigenvalue weighted by Crippen LogP contribution is 2.39. The fraction of sp³-hybridized carbons (Fsp3) is 0.835. The summed E-state index contributed by atoms with van der Waals surface area (Å²) in [6.45, 7) is 40.8. The van der Waals surface area contributed by atoms with Crippen LogP contribution in [0.2, 0.25) is 0 Å². The van der Waals surface area contributed by atoms with E-state index >= 15 is 0 Å². The minimum absolute atomic E-state index is 0.0729. The van der Waals surface area contributed by atoms with Gasteiger partial charge < -0.3 is 67.3 Å². The number of nitrogens with zero attached hydrogens (tertiary/aromatic N) is 7. The average molecular weight is 1520 g/mol. The summed E-state index contributed by atoms with van der Waals surface area (Å²) in [5, 5.41) is 0. The van der Waals surface area contributed by atoms with Crippen molar-refractivity contribution in [2.24, 2.45) is 11.8 Å². The summed E-state index contributed by atoms with van der Waals surface area (Å²) in [4.78, 5) is 106. The van der Waals surface area contributed by atoms with Crippen molar-refractivity contribution in [2.45, 2.75) is 355 Å². The van der Waals surface area contributed by atoms with E-state index in [2.05, 4.69) is 41.5 Å². The Hall–Kier alpha value is -6.42. The molecule has 11 rings (SSSR count). The Labute approximate surface area is 651 Å². The smallest absolute Gasteiger partial charge is 0.417 e. The van der Waals surface area contributed by atoms with Crippen molar-refractivity contribution in [1.82, 2.24) is 34.3 Å². The minimum Gasteiger partial charge on any atom is -0.497 e. The first-order valence-corrected chi connectivity index (χ1v) is 42.3. The second kappa shape index (κ2) is 45.8. The van der Waals surface area contributed by atoms with Crippen LogP contribution in [-0.4, -0.2) is 209 Å². The predicted molar refractivity (Wildman–Crippen MR) is 423 cm³/mol. The number of ether oxygens (including phenoxy) is 8. The maximum atomic E-state index is 12.0. The van der Waals surface area contributed by atoms with Crippen LogP contribution in [0.3, 0.4) is 0 Å². The first-order chi connectivity index (χ1) is 51.3. The van der Waals surface area contributed by atoms with E-state index in [0.717, 1.165) is 231 Å². The highest BCUT2D eigenvalue weighted by Gasteiger charge is 2.41. The van der Waals surface area contributed by atoms with Crippen molar-refractivity contribution in [3.05, 3.63) is 29.8 Å². The number of imide groups is 1. The third-order valence-electron chi connectivity index (χ3n) is 23.5. The van der Waals surface area contributed by atoms with Gasteiger partial charge in [-0.25, -0.2) is 38.5 Å². The van der Waals surface area contributed by atoms with E-state index in [4.69, 9.17) is 37.9 Å². The molecule has 0 aromatic heterocycles. The lowest BCUT2D eigenvalue weighted by Gasteiger charge is -2.37. The van der Waals surface area contributed by atoms with Crippen molar-refractivity contribution in [3.63, 3.8) is 0 Å². The molecule has 10 fully saturated rings. The van der Waals surface area contributed by atoms with E-state index in [0.29, 0.717) is 24.8 Å². The van der Waals surface area contributed by atoms with Crippen LogP contribution in [0, 0.1) is 11.8 Å². The van der Waals surface area contributed by atoms with Crippen LogP contribution in [-0.2, 0) is 38.0 Å². The second-order valence-electron chi connectivity index (χ2n) is 33.9. The molecule has 1 unspecified atom stereocenters. The molecule has 7 aliphatic heterocycles. The molecular weight excluding hydrogens is 1370 g/mol. The lowest BCUT2D eigenvalue weighted by molar-refractivity contribution is -0.127. The van der Waals surface area contributed by atoms with E-state index in [1.54, 1.807) is 21.8 Å². The number of carbonyl (C=O) groups is 8. The summed E-state index contributed by atoms with van der Waals surface area (Å²) in [6, 6.07) is 7.58. The summed E-state index contributed by atoms with van der Waals surface area (Å²) in [5.74, 6) is 1.67. The van der Waals surface area contributed by atoms with Gasteiger partial charge in [0.2, 0.25) is 5.91 Å². The largest absolute Gasteiger partial charge is 0.497 e. The number of hydrogen-bond acceptors (Lipinski definition) is 16. The maximum absolute atomic E-state index is 12.0. The zero-order chi connectivity index (χ0) is 79.6. The van der Waals surface area contributed by atoms with E-state index < -0.39 is 11.7 Å². The first-order valence-electron chi connectivity index (χ1n) is 42.3. The van der Waals surface area contributed by atoms with Crippen LogP contribution in [0.15, 0.2) is 24.3 Å². The average Bonchev–Trinajstić information content (AvgIpc) is 1.75. The van der Waals surface area contributed by atoms with E-state index in [1.165, 1.54) is 69.1 Å². The fourth-order valence-corrected chi connectivity index (χ4v) is 15.5. The first kappa shape index (κ1) is 92.2. The lowest BCUT2D eigenvalue weighted by atomic mass is 9.79. The zero-order valence-corrected chi connectivity index (χ0v) is 70.2. The number of likely N-dealkylation sites (tertiary alicyclic amines) is 7. The number of hydrogen-bond donors (Lipinski definition) is 0. The molecule has 3 saturated carbocycles. The number of benzene rings is 1. The van der Waals surface area contributed by atoms with Gasteiger partial charge in [-0.3, -0.25) is 4.79 Å². The topological polar surface area (TPSA) is 233 Å². The van der Waals surface area contributed by atoms with Crippen LogP contribution in [0.5, 0.6) is 5.75 Å². The number of amides is 8. The summed E-state index contributed by atoms with van der Waals surface area (Å²) in [7, 11) is 1.63.